The van der Waals surface area contributed by atoms with Crippen molar-refractivity contribution in [3.8, 4) is 22.5 Å². The van der Waals surface area contributed by atoms with Crippen molar-refractivity contribution in [2.24, 2.45) is 0 Å². The number of aromatic nitrogens is 5. The van der Waals surface area contributed by atoms with Gasteiger partial charge in [0.15, 0.2) is 5.76 Å². The van der Waals surface area contributed by atoms with E-state index >= 15 is 0 Å². The monoisotopic (exact) mass is 518 g/mol. The summed E-state index contributed by atoms with van der Waals surface area (Å²) in [4.78, 5) is 29.0. The first-order chi connectivity index (χ1) is 16.3. The number of rotatable bonds is 3. The molecule has 4 heterocycles. The minimum atomic E-state index is -1.65. The van der Waals surface area contributed by atoms with E-state index in [1.54, 1.807) is 31.4 Å². The van der Waals surface area contributed by atoms with E-state index in [4.69, 9.17) is 39.3 Å². The Hall–Kier alpha value is -3.11. The van der Waals surface area contributed by atoms with Crippen LogP contribution >= 0.6 is 34.8 Å². The molecule has 5 rings (SSSR count). The Morgan fingerprint density at radius 3 is 2.24 bits per heavy atom. The molecule has 1 atom stereocenters. The largest absolute Gasteiger partial charge is 0.373 e. The molecule has 0 unspecified atom stereocenters. The van der Waals surface area contributed by atoms with Gasteiger partial charge in [-0.15, -0.1) is 0 Å². The summed E-state index contributed by atoms with van der Waals surface area (Å²) in [7, 11) is 1.65. The van der Waals surface area contributed by atoms with Gasteiger partial charge in [-0.25, -0.2) is 19.9 Å². The molecular weight excluding hydrogens is 503 g/mol. The quantitative estimate of drug-likeness (QED) is 0.315. The molecular formula is C22H17Cl3N6O3. The van der Waals surface area contributed by atoms with Crippen molar-refractivity contribution in [3.05, 3.63) is 76.3 Å². The van der Waals surface area contributed by atoms with Crippen LogP contribution in [0.4, 0.5) is 0 Å². The van der Waals surface area contributed by atoms with Crippen LogP contribution in [0.1, 0.15) is 12.2 Å². The summed E-state index contributed by atoms with van der Waals surface area (Å²) in [6, 6.07) is 12.4. The van der Waals surface area contributed by atoms with Gasteiger partial charge < -0.3 is 14.5 Å². The van der Waals surface area contributed by atoms with Crippen LogP contribution in [0.2, 0.25) is 15.7 Å². The first-order valence-electron chi connectivity index (χ1n) is 9.95. The van der Waals surface area contributed by atoms with Crippen molar-refractivity contribution in [2.45, 2.75) is 12.0 Å². The third kappa shape index (κ3) is 5.18. The fraction of sp³-hybridized carbons (Fsp3) is 0.182. The highest BCUT2D eigenvalue weighted by Crippen LogP contribution is 2.35. The van der Waals surface area contributed by atoms with E-state index in [9.17, 15) is 9.90 Å². The number of likely N-dealkylation sites (tertiary alicyclic amines) is 1. The Bertz CT molecular complexity index is 1320. The molecule has 0 aliphatic carbocycles. The average molecular weight is 520 g/mol. The van der Waals surface area contributed by atoms with Crippen molar-refractivity contribution in [3.63, 3.8) is 0 Å². The molecule has 1 aliphatic heterocycles. The number of amides is 1. The molecule has 1 saturated heterocycles. The van der Waals surface area contributed by atoms with Gasteiger partial charge in [0.25, 0.3) is 5.91 Å². The van der Waals surface area contributed by atoms with Gasteiger partial charge in [0.1, 0.15) is 10.8 Å². The van der Waals surface area contributed by atoms with Gasteiger partial charge >= 0.3 is 0 Å². The van der Waals surface area contributed by atoms with Crippen LogP contribution in [0.25, 0.3) is 22.5 Å². The number of hydrogen-bond acceptors (Lipinski definition) is 8. The first-order valence-corrected chi connectivity index (χ1v) is 11.1. The Kier molecular flexibility index (Phi) is 7.08. The summed E-state index contributed by atoms with van der Waals surface area (Å²) in [5.74, 6) is -0.234. The predicted molar refractivity (Wildman–Crippen MR) is 126 cm³/mol. The molecule has 34 heavy (non-hydrogen) atoms. The molecule has 0 radical (unpaired) electrons. The number of aliphatic hydroxyl groups is 1. The molecule has 1 aliphatic rings. The lowest BCUT2D eigenvalue weighted by molar-refractivity contribution is -0.144. The molecule has 12 heteroatoms. The van der Waals surface area contributed by atoms with Crippen molar-refractivity contribution < 1.29 is 14.4 Å². The third-order valence-corrected chi connectivity index (χ3v) is 5.67. The van der Waals surface area contributed by atoms with Crippen LogP contribution in [-0.2, 0) is 10.4 Å². The van der Waals surface area contributed by atoms with Crippen LogP contribution in [0.15, 0.2) is 59.4 Å². The zero-order valence-corrected chi connectivity index (χ0v) is 20.0. The molecule has 1 amide bonds. The smallest absolute Gasteiger partial charge is 0.262 e. The summed E-state index contributed by atoms with van der Waals surface area (Å²) < 4.78 is 5.30. The number of nitrogens with zero attached hydrogens (tertiary/aromatic N) is 6. The summed E-state index contributed by atoms with van der Waals surface area (Å²) in [5, 5.41) is 15.4. The van der Waals surface area contributed by atoms with Gasteiger partial charge in [0.2, 0.25) is 16.2 Å². The number of halogens is 3. The lowest BCUT2D eigenvalue weighted by Gasteiger charge is -2.16. The van der Waals surface area contributed by atoms with Gasteiger partial charge in [-0.1, -0.05) is 35.0 Å². The van der Waals surface area contributed by atoms with Crippen molar-refractivity contribution in [1.29, 1.82) is 0 Å². The lowest BCUT2D eigenvalue weighted by Crippen LogP contribution is -2.35. The van der Waals surface area contributed by atoms with E-state index in [0.717, 1.165) is 11.1 Å². The minimum absolute atomic E-state index is 0.150. The van der Waals surface area contributed by atoms with Crippen LogP contribution in [-0.4, -0.2) is 54.6 Å². The van der Waals surface area contributed by atoms with E-state index in [0.29, 0.717) is 23.1 Å². The molecule has 0 saturated carbocycles. The molecule has 4 aromatic rings. The normalized spacial score (nSPS) is 17.4. The zero-order chi connectivity index (χ0) is 24.3. The highest BCUT2D eigenvalue weighted by Gasteiger charge is 2.48. The maximum absolute atomic E-state index is 12.2. The summed E-state index contributed by atoms with van der Waals surface area (Å²) in [5.41, 5.74) is 1.17. The minimum Gasteiger partial charge on any atom is -0.373 e. The van der Waals surface area contributed by atoms with E-state index < -0.39 is 5.60 Å². The van der Waals surface area contributed by atoms with Crippen molar-refractivity contribution in [2.75, 3.05) is 13.6 Å². The molecule has 174 valence electrons. The first kappa shape index (κ1) is 24.0. The number of hydrogen-bond donors (Lipinski definition) is 1. The summed E-state index contributed by atoms with van der Waals surface area (Å²) in [6.45, 7) is 0.468. The van der Waals surface area contributed by atoms with Crippen molar-refractivity contribution in [1.82, 2.24) is 30.0 Å². The number of likely N-dealkylation sites (N-methyl/N-ethyl adjacent to an activating group) is 1. The molecule has 1 aromatic carbocycles. The maximum Gasteiger partial charge on any atom is 0.262 e. The van der Waals surface area contributed by atoms with Crippen LogP contribution in [0.3, 0.4) is 0 Å². The van der Waals surface area contributed by atoms with Gasteiger partial charge in [-0.2, -0.15) is 0 Å². The topological polar surface area (TPSA) is 118 Å². The van der Waals surface area contributed by atoms with Crippen LogP contribution in [0.5, 0.6) is 0 Å². The van der Waals surface area contributed by atoms with Crippen LogP contribution < -0.4 is 0 Å². The fourth-order valence-corrected chi connectivity index (χ4v) is 3.81. The second-order valence-corrected chi connectivity index (χ2v) is 8.42. The third-order valence-electron chi connectivity index (χ3n) is 5.10. The second kappa shape index (κ2) is 10.0. The molecule has 3 aromatic heterocycles. The SMILES string of the molecule is CN1CC[C@@](O)(c2cc(-c3cccc(-c4ccnc(Cl)n4)c3)no2)C1=O.Clc1ccnc(Cl)n1. The number of carbonyl (C=O) groups is 1. The fourth-order valence-electron chi connectivity index (χ4n) is 3.34. The number of carbonyl (C=O) groups excluding carboxylic acids is 1. The van der Waals surface area contributed by atoms with E-state index in [1.807, 2.05) is 24.3 Å². The summed E-state index contributed by atoms with van der Waals surface area (Å²) in [6.07, 6.45) is 3.36. The highest BCUT2D eigenvalue weighted by molar-refractivity contribution is 6.31. The zero-order valence-electron chi connectivity index (χ0n) is 17.7. The van der Waals surface area contributed by atoms with Gasteiger partial charge in [0.05, 0.1) is 5.69 Å². The Balaban J connectivity index is 0.000000291. The van der Waals surface area contributed by atoms with E-state index in [2.05, 4.69) is 25.1 Å². The predicted octanol–water partition coefficient (Wildman–Crippen LogP) is 4.29. The Labute approximate surface area is 209 Å². The molecule has 1 fully saturated rings. The van der Waals surface area contributed by atoms with Crippen LogP contribution in [0, 0.1) is 0 Å². The molecule has 0 spiro atoms. The number of benzene rings is 1. The molecule has 0 bridgehead atoms. The average Bonchev–Trinajstić information content (AvgIpc) is 3.42. The van der Waals surface area contributed by atoms with Crippen molar-refractivity contribution >= 4 is 40.7 Å². The Morgan fingerprint density at radius 2 is 1.65 bits per heavy atom. The maximum atomic E-state index is 12.2. The highest BCUT2D eigenvalue weighted by atomic mass is 35.5. The summed E-state index contributed by atoms with van der Waals surface area (Å²) >= 11 is 16.6. The van der Waals surface area contributed by atoms with Gasteiger partial charge in [0, 0.05) is 49.6 Å². The lowest BCUT2D eigenvalue weighted by atomic mass is 9.98. The standard InChI is InChI=1S/C18H15ClN4O3.C4H2Cl2N2/c1-23-8-6-18(25,16(23)24)15-10-14(22-26-15)12-4-2-3-11(9-12)13-5-7-20-17(19)21-13;5-3-1-2-7-4(6)8-3/h2-5,7,9-10,25H,6,8H2,1H3;1-2H/t18-;/m1./s1. The van der Waals surface area contributed by atoms with Gasteiger partial charge in [-0.05, 0) is 41.4 Å². The van der Waals surface area contributed by atoms with Gasteiger partial charge in [-0.3, -0.25) is 4.79 Å². The molecule has 1 N–H and O–H groups in total. The Morgan fingerprint density at radius 1 is 0.971 bits per heavy atom. The second-order valence-electron chi connectivity index (χ2n) is 7.35. The molecule has 9 nitrogen and oxygen atoms in total. The van der Waals surface area contributed by atoms with E-state index in [1.165, 1.54) is 11.1 Å². The van der Waals surface area contributed by atoms with E-state index in [-0.39, 0.29) is 28.7 Å².